The summed E-state index contributed by atoms with van der Waals surface area (Å²) in [5.41, 5.74) is 6.40. The van der Waals surface area contributed by atoms with Gasteiger partial charge in [-0.1, -0.05) is 73.4 Å². The third-order valence-electron chi connectivity index (χ3n) is 8.07. The van der Waals surface area contributed by atoms with E-state index in [1.165, 1.54) is 0 Å². The van der Waals surface area contributed by atoms with Crippen LogP contribution in [0.25, 0.3) is 62.2 Å². The molecular formula is C37H29N5. The molecule has 1 unspecified atom stereocenters. The van der Waals surface area contributed by atoms with Gasteiger partial charge in [0.05, 0.1) is 28.2 Å². The van der Waals surface area contributed by atoms with Crippen molar-refractivity contribution in [3.8, 4) is 17.7 Å². The summed E-state index contributed by atoms with van der Waals surface area (Å²) in [6, 6.07) is 27.5. The van der Waals surface area contributed by atoms with Crippen molar-refractivity contribution in [2.75, 3.05) is 0 Å². The van der Waals surface area contributed by atoms with E-state index in [-0.39, 0.29) is 0 Å². The van der Waals surface area contributed by atoms with Crippen LogP contribution in [0.15, 0.2) is 110 Å². The minimum atomic E-state index is -0.576. The molecule has 0 spiro atoms. The number of nitrogens with zero attached hydrogens (tertiary/aromatic N) is 5. The van der Waals surface area contributed by atoms with Crippen molar-refractivity contribution < 1.29 is 0 Å². The van der Waals surface area contributed by atoms with Crippen LogP contribution >= 0.6 is 0 Å². The van der Waals surface area contributed by atoms with Crippen LogP contribution in [0.1, 0.15) is 37.1 Å². The van der Waals surface area contributed by atoms with E-state index in [9.17, 15) is 5.26 Å². The Bertz CT molecular complexity index is 2130. The minimum Gasteiger partial charge on any atom is -0.294 e. The molecule has 1 aliphatic carbocycles. The first-order chi connectivity index (χ1) is 20.5. The maximum Gasteiger partial charge on any atom is 0.146 e. The lowest BCUT2D eigenvalue weighted by atomic mass is 9.81. The number of pyridine rings is 2. The molecule has 6 aromatic rings. The number of benzene rings is 2. The molecule has 5 heteroatoms. The van der Waals surface area contributed by atoms with E-state index in [0.717, 1.165) is 66.9 Å². The summed E-state index contributed by atoms with van der Waals surface area (Å²) in [5.74, 6) is 1.52. The molecule has 1 aliphatic rings. The summed E-state index contributed by atoms with van der Waals surface area (Å²) < 4.78 is 4.32. The molecule has 2 aromatic carbocycles. The van der Waals surface area contributed by atoms with Crippen LogP contribution in [0.2, 0.25) is 0 Å². The van der Waals surface area contributed by atoms with Crippen molar-refractivity contribution in [3.05, 3.63) is 127 Å². The molecule has 0 saturated carbocycles. The lowest BCUT2D eigenvalue weighted by Crippen LogP contribution is -2.12. The summed E-state index contributed by atoms with van der Waals surface area (Å²) >= 11 is 0. The third kappa shape index (κ3) is 3.92. The van der Waals surface area contributed by atoms with Crippen LogP contribution in [0.3, 0.4) is 0 Å². The topological polar surface area (TPSA) is 59.4 Å². The Morgan fingerprint density at radius 1 is 0.929 bits per heavy atom. The Hall–Kier alpha value is -5.47. The van der Waals surface area contributed by atoms with Gasteiger partial charge in [0.25, 0.3) is 0 Å². The lowest BCUT2D eigenvalue weighted by Gasteiger charge is -2.22. The molecule has 0 amide bonds. The van der Waals surface area contributed by atoms with Gasteiger partial charge in [-0.25, -0.2) is 9.97 Å². The van der Waals surface area contributed by atoms with E-state index < -0.39 is 5.41 Å². The quantitative estimate of drug-likeness (QED) is 0.218. The molecule has 42 heavy (non-hydrogen) atoms. The number of hydrogen-bond acceptors (Lipinski definition) is 3. The van der Waals surface area contributed by atoms with Gasteiger partial charge in [-0.2, -0.15) is 5.26 Å². The van der Waals surface area contributed by atoms with Gasteiger partial charge in [-0.15, -0.1) is 0 Å². The maximum absolute atomic E-state index is 9.95. The van der Waals surface area contributed by atoms with E-state index in [1.807, 2.05) is 38.3 Å². The molecular weight excluding hydrogens is 514 g/mol. The Kier molecular flexibility index (Phi) is 5.99. The fourth-order valence-electron chi connectivity index (χ4n) is 6.14. The Labute approximate surface area is 244 Å². The zero-order valence-electron chi connectivity index (χ0n) is 23.6. The molecule has 0 aliphatic heterocycles. The van der Waals surface area contributed by atoms with E-state index in [1.54, 1.807) is 0 Å². The molecule has 0 fully saturated rings. The van der Waals surface area contributed by atoms with E-state index in [2.05, 4.69) is 113 Å². The smallest absolute Gasteiger partial charge is 0.146 e. The summed E-state index contributed by atoms with van der Waals surface area (Å²) in [4.78, 5) is 10.1. The second-order valence-electron chi connectivity index (χ2n) is 10.9. The number of rotatable bonds is 5. The van der Waals surface area contributed by atoms with Gasteiger partial charge in [-0.05, 0) is 73.9 Å². The largest absolute Gasteiger partial charge is 0.294 e. The van der Waals surface area contributed by atoms with Crippen LogP contribution < -0.4 is 0 Å². The second kappa shape index (κ2) is 9.87. The van der Waals surface area contributed by atoms with E-state index in [0.29, 0.717) is 6.42 Å². The van der Waals surface area contributed by atoms with Crippen molar-refractivity contribution in [1.29, 1.82) is 5.26 Å². The first kappa shape index (κ1) is 25.5. The van der Waals surface area contributed by atoms with Gasteiger partial charge < -0.3 is 0 Å². The zero-order chi connectivity index (χ0) is 28.8. The standard InChI is InChI=1S/C37H29N5/c1-4-12-27-28-14-6-8-17-32(28)41(31(27)5-2)34-21-26(25-13-10-19-37(3,23-25)24-38)22-35(40-34)42-33-18-9-7-15-29(33)30-16-11-20-39-36(30)42/h4-18,20-23H,2,19H2,1,3H3/b12-4-. The van der Waals surface area contributed by atoms with Gasteiger partial charge in [-0.3, -0.25) is 9.13 Å². The number of nitriles is 1. The van der Waals surface area contributed by atoms with E-state index >= 15 is 0 Å². The van der Waals surface area contributed by atoms with Crippen molar-refractivity contribution in [2.45, 2.75) is 20.3 Å². The number of aromatic nitrogens is 4. The van der Waals surface area contributed by atoms with Gasteiger partial charge in [0, 0.05) is 27.9 Å². The molecule has 0 bridgehead atoms. The minimum absolute atomic E-state index is 0.576. The Balaban J connectivity index is 1.60. The van der Waals surface area contributed by atoms with Crippen molar-refractivity contribution >= 4 is 50.6 Å². The third-order valence-corrected chi connectivity index (χ3v) is 8.07. The van der Waals surface area contributed by atoms with E-state index in [4.69, 9.17) is 9.97 Å². The first-order valence-electron chi connectivity index (χ1n) is 14.1. The first-order valence-corrected chi connectivity index (χ1v) is 14.1. The predicted molar refractivity (Wildman–Crippen MR) is 173 cm³/mol. The number of fused-ring (bicyclic) bond motifs is 4. The van der Waals surface area contributed by atoms with Crippen LogP contribution in [-0.2, 0) is 0 Å². The SMILES string of the molecule is C=Cc1c(/C=C\C)c2ccccc2n1-c1cc(C2=CC(C)(C#N)CC=C2)cc(-n2c3ccccc3c3cccnc32)n1. The average molecular weight is 544 g/mol. The van der Waals surface area contributed by atoms with Gasteiger partial charge in [0.2, 0.25) is 0 Å². The zero-order valence-corrected chi connectivity index (χ0v) is 23.6. The highest BCUT2D eigenvalue weighted by Crippen LogP contribution is 2.37. The molecule has 4 heterocycles. The molecule has 4 aromatic heterocycles. The van der Waals surface area contributed by atoms with Gasteiger partial charge in [0.1, 0.15) is 17.3 Å². The highest BCUT2D eigenvalue weighted by Gasteiger charge is 2.25. The molecule has 0 N–H and O–H groups in total. The highest BCUT2D eigenvalue weighted by molar-refractivity contribution is 6.07. The summed E-state index contributed by atoms with van der Waals surface area (Å²) in [7, 11) is 0. The number of hydrogen-bond donors (Lipinski definition) is 0. The van der Waals surface area contributed by atoms with Crippen molar-refractivity contribution in [3.63, 3.8) is 0 Å². The van der Waals surface area contributed by atoms with Crippen molar-refractivity contribution in [2.24, 2.45) is 5.41 Å². The molecule has 7 rings (SSSR count). The Morgan fingerprint density at radius 3 is 2.36 bits per heavy atom. The summed E-state index contributed by atoms with van der Waals surface area (Å²) in [5, 5.41) is 13.3. The van der Waals surface area contributed by atoms with Crippen LogP contribution in [0, 0.1) is 16.7 Å². The molecule has 5 nitrogen and oxygen atoms in total. The van der Waals surface area contributed by atoms with Crippen LogP contribution in [-0.4, -0.2) is 19.1 Å². The molecule has 202 valence electrons. The summed E-state index contributed by atoms with van der Waals surface area (Å²) in [6.07, 6.45) is 14.9. The number of allylic oxidation sites excluding steroid dienone is 5. The predicted octanol–water partition coefficient (Wildman–Crippen LogP) is 9.07. The number of para-hydroxylation sites is 2. The van der Waals surface area contributed by atoms with Crippen LogP contribution in [0.4, 0.5) is 0 Å². The van der Waals surface area contributed by atoms with Gasteiger partial charge >= 0.3 is 0 Å². The maximum atomic E-state index is 9.95. The highest BCUT2D eigenvalue weighted by atomic mass is 15.2. The lowest BCUT2D eigenvalue weighted by molar-refractivity contribution is 0.575. The second-order valence-corrected chi connectivity index (χ2v) is 10.9. The van der Waals surface area contributed by atoms with Crippen molar-refractivity contribution in [1.82, 2.24) is 19.1 Å². The summed E-state index contributed by atoms with van der Waals surface area (Å²) in [6.45, 7) is 8.20. The average Bonchev–Trinajstić information content (AvgIpc) is 3.54. The normalized spacial score (nSPS) is 16.8. The Morgan fingerprint density at radius 2 is 1.62 bits per heavy atom. The fraction of sp³-hybridized carbons (Fsp3) is 0.108. The van der Waals surface area contributed by atoms with Gasteiger partial charge in [0.15, 0.2) is 0 Å². The monoisotopic (exact) mass is 543 g/mol. The molecule has 0 radical (unpaired) electrons. The molecule has 0 saturated heterocycles. The fourth-order valence-corrected chi connectivity index (χ4v) is 6.14. The molecule has 1 atom stereocenters. The van der Waals surface area contributed by atoms with Crippen LogP contribution in [0.5, 0.6) is 0 Å².